The predicted molar refractivity (Wildman–Crippen MR) is 109 cm³/mol. The Morgan fingerprint density at radius 2 is 1.84 bits per heavy atom. The number of likely N-dealkylation sites (tertiary alicyclic amines) is 1. The van der Waals surface area contributed by atoms with Crippen molar-refractivity contribution in [2.24, 2.45) is 5.92 Å². The summed E-state index contributed by atoms with van der Waals surface area (Å²) in [6.45, 7) is 1.98. The maximum Gasteiger partial charge on any atom is 0.418 e. The number of piperidine rings is 1. The number of alkyl halides is 3. The average molecular weight is 441 g/mol. The minimum absolute atomic E-state index is 0.0357. The molecule has 31 heavy (non-hydrogen) atoms. The second-order valence-corrected chi connectivity index (χ2v) is 7.67. The van der Waals surface area contributed by atoms with Gasteiger partial charge in [0.25, 0.3) is 0 Å². The molecule has 1 aliphatic rings. The van der Waals surface area contributed by atoms with E-state index >= 15 is 0 Å². The average Bonchev–Trinajstić information content (AvgIpc) is 2.71. The number of nitrogens with one attached hydrogen (secondary N) is 1. The van der Waals surface area contributed by atoms with Crippen molar-refractivity contribution in [2.45, 2.75) is 32.0 Å². The van der Waals surface area contributed by atoms with E-state index in [1.807, 2.05) is 0 Å². The molecule has 1 aromatic carbocycles. The molecule has 2 amide bonds. The molecule has 1 fully saturated rings. The van der Waals surface area contributed by atoms with Crippen LogP contribution in [0.3, 0.4) is 0 Å². The van der Waals surface area contributed by atoms with Crippen LogP contribution in [0.2, 0.25) is 0 Å². The third-order valence-corrected chi connectivity index (χ3v) is 5.13. The molecule has 1 aromatic rings. The van der Waals surface area contributed by atoms with Crippen molar-refractivity contribution < 1.29 is 32.7 Å². The molecule has 1 atom stereocenters. The molecule has 0 aromatic heterocycles. The predicted octanol–water partition coefficient (Wildman–Crippen LogP) is 2.61. The Bertz CT molecular complexity index is 860. The molecule has 0 aliphatic carbocycles. The standard InChI is InChI=1S/C21H26F3N3O4/c1-13(20(30)31)25-19(29)15-8-10-27(11-9-15)18(28)7-5-14-4-6-17(26(2)3)16(12-14)21(22,23)24/h4-7,12-13,15H,8-11H2,1-3H3,(H,25,29)(H,30,31)/b7-5+. The number of nitrogens with zero attached hydrogens (tertiary/aromatic N) is 2. The second kappa shape index (κ2) is 9.84. The van der Waals surface area contributed by atoms with Crippen molar-refractivity contribution in [3.63, 3.8) is 0 Å². The molecule has 1 unspecified atom stereocenters. The Morgan fingerprint density at radius 1 is 1.23 bits per heavy atom. The summed E-state index contributed by atoms with van der Waals surface area (Å²) in [7, 11) is 3.05. The third kappa shape index (κ3) is 6.47. The van der Waals surface area contributed by atoms with Gasteiger partial charge in [0.1, 0.15) is 6.04 Å². The molecule has 10 heteroatoms. The van der Waals surface area contributed by atoms with Crippen molar-refractivity contribution in [2.75, 3.05) is 32.1 Å². The number of halogens is 3. The lowest BCUT2D eigenvalue weighted by atomic mass is 9.95. The van der Waals surface area contributed by atoms with Crippen molar-refractivity contribution in [3.8, 4) is 0 Å². The van der Waals surface area contributed by atoms with Gasteiger partial charge in [-0.2, -0.15) is 13.2 Å². The highest BCUT2D eigenvalue weighted by atomic mass is 19.4. The molecule has 7 nitrogen and oxygen atoms in total. The van der Waals surface area contributed by atoms with Gasteiger partial charge in [0, 0.05) is 44.9 Å². The zero-order valence-electron chi connectivity index (χ0n) is 17.6. The van der Waals surface area contributed by atoms with Gasteiger partial charge < -0.3 is 20.2 Å². The van der Waals surface area contributed by atoms with Crippen LogP contribution in [0.1, 0.15) is 30.9 Å². The Balaban J connectivity index is 1.99. The van der Waals surface area contributed by atoms with E-state index in [-0.39, 0.29) is 29.0 Å². The van der Waals surface area contributed by atoms with Crippen molar-refractivity contribution in [3.05, 3.63) is 35.4 Å². The highest BCUT2D eigenvalue weighted by Gasteiger charge is 2.34. The van der Waals surface area contributed by atoms with Crippen LogP contribution in [0.4, 0.5) is 18.9 Å². The van der Waals surface area contributed by atoms with E-state index in [1.165, 1.54) is 55.1 Å². The number of hydrogen-bond donors (Lipinski definition) is 2. The molecule has 1 aliphatic heterocycles. The normalized spacial score (nSPS) is 16.3. The van der Waals surface area contributed by atoms with Crippen LogP contribution in [0.25, 0.3) is 6.08 Å². The first-order valence-electron chi connectivity index (χ1n) is 9.79. The van der Waals surface area contributed by atoms with E-state index in [0.29, 0.717) is 25.9 Å². The molecular weight excluding hydrogens is 415 g/mol. The number of anilines is 1. The molecule has 2 rings (SSSR count). The lowest BCUT2D eigenvalue weighted by molar-refractivity contribution is -0.142. The third-order valence-electron chi connectivity index (χ3n) is 5.13. The van der Waals surface area contributed by atoms with Crippen LogP contribution in [-0.4, -0.2) is 61.0 Å². The Labute approximate surface area is 178 Å². The first-order chi connectivity index (χ1) is 14.4. The lowest BCUT2D eigenvalue weighted by Gasteiger charge is -2.31. The molecule has 1 saturated heterocycles. The van der Waals surface area contributed by atoms with Crippen LogP contribution in [-0.2, 0) is 20.6 Å². The number of hydrogen-bond acceptors (Lipinski definition) is 4. The molecule has 0 spiro atoms. The van der Waals surface area contributed by atoms with Crippen molar-refractivity contribution >= 4 is 29.5 Å². The smallest absolute Gasteiger partial charge is 0.418 e. The summed E-state index contributed by atoms with van der Waals surface area (Å²) in [6, 6.07) is 2.87. The van der Waals surface area contributed by atoms with Crippen LogP contribution in [0, 0.1) is 5.92 Å². The number of aliphatic carboxylic acids is 1. The van der Waals surface area contributed by atoms with Gasteiger partial charge in [-0.3, -0.25) is 14.4 Å². The van der Waals surface area contributed by atoms with Gasteiger partial charge in [0.05, 0.1) is 5.56 Å². The second-order valence-electron chi connectivity index (χ2n) is 7.67. The van der Waals surface area contributed by atoms with Crippen LogP contribution in [0.5, 0.6) is 0 Å². The maximum atomic E-state index is 13.3. The van der Waals surface area contributed by atoms with E-state index in [0.717, 1.165) is 6.07 Å². The number of benzene rings is 1. The number of amides is 2. The van der Waals surface area contributed by atoms with Gasteiger partial charge >= 0.3 is 12.1 Å². The SMILES string of the molecule is CC(NC(=O)C1CCN(C(=O)/C=C/c2ccc(N(C)C)c(C(F)(F)F)c2)CC1)C(=O)O. The molecule has 0 bridgehead atoms. The molecule has 0 saturated carbocycles. The summed E-state index contributed by atoms with van der Waals surface area (Å²) in [5.74, 6) is -2.23. The Kier molecular flexibility index (Phi) is 7.70. The summed E-state index contributed by atoms with van der Waals surface area (Å²) >= 11 is 0. The molecule has 170 valence electrons. The van der Waals surface area contributed by atoms with Gasteiger partial charge in [-0.25, -0.2) is 0 Å². The molecule has 0 radical (unpaired) electrons. The molecule has 1 heterocycles. The van der Waals surface area contributed by atoms with Crippen LogP contribution >= 0.6 is 0 Å². The zero-order valence-corrected chi connectivity index (χ0v) is 17.6. The highest BCUT2D eigenvalue weighted by Crippen LogP contribution is 2.36. The van der Waals surface area contributed by atoms with Crippen molar-refractivity contribution in [1.82, 2.24) is 10.2 Å². The van der Waals surface area contributed by atoms with Crippen LogP contribution in [0.15, 0.2) is 24.3 Å². The van der Waals surface area contributed by atoms with E-state index in [1.54, 1.807) is 0 Å². The van der Waals surface area contributed by atoms with Crippen molar-refractivity contribution in [1.29, 1.82) is 0 Å². The number of carboxylic acid groups (broad SMARTS) is 1. The monoisotopic (exact) mass is 441 g/mol. The minimum Gasteiger partial charge on any atom is -0.480 e. The summed E-state index contributed by atoms with van der Waals surface area (Å²) < 4.78 is 39.9. The number of carbonyl (C=O) groups is 3. The van der Waals surface area contributed by atoms with Gasteiger partial charge in [0.2, 0.25) is 11.8 Å². The first kappa shape index (κ1) is 24.2. The number of rotatable bonds is 6. The number of carbonyl (C=O) groups excluding carboxylic acids is 2. The minimum atomic E-state index is -4.52. The fourth-order valence-electron chi connectivity index (χ4n) is 3.30. The van der Waals surface area contributed by atoms with Crippen LogP contribution < -0.4 is 10.2 Å². The fourth-order valence-corrected chi connectivity index (χ4v) is 3.30. The van der Waals surface area contributed by atoms with E-state index in [9.17, 15) is 27.6 Å². The van der Waals surface area contributed by atoms with Gasteiger partial charge in [-0.1, -0.05) is 6.07 Å². The summed E-state index contributed by atoms with van der Waals surface area (Å²) in [4.78, 5) is 38.2. The quantitative estimate of drug-likeness (QED) is 0.663. The van der Waals surface area contributed by atoms with E-state index in [2.05, 4.69) is 5.32 Å². The molecule has 2 N–H and O–H groups in total. The Hall–Kier alpha value is -3.04. The maximum absolute atomic E-state index is 13.3. The largest absolute Gasteiger partial charge is 0.480 e. The van der Waals surface area contributed by atoms with Gasteiger partial charge in [-0.05, 0) is 43.5 Å². The summed E-state index contributed by atoms with van der Waals surface area (Å²) in [5, 5.41) is 11.3. The molecular formula is C21H26F3N3O4. The van der Waals surface area contributed by atoms with E-state index in [4.69, 9.17) is 5.11 Å². The zero-order chi connectivity index (χ0) is 23.3. The highest BCUT2D eigenvalue weighted by molar-refractivity contribution is 5.92. The van der Waals surface area contributed by atoms with Gasteiger partial charge in [0.15, 0.2) is 0 Å². The summed E-state index contributed by atoms with van der Waals surface area (Å²) in [5.41, 5.74) is -0.494. The topological polar surface area (TPSA) is 90.0 Å². The lowest BCUT2D eigenvalue weighted by Crippen LogP contribution is -2.46. The fraction of sp³-hybridized carbons (Fsp3) is 0.476. The van der Waals surface area contributed by atoms with E-state index < -0.39 is 23.8 Å². The summed E-state index contributed by atoms with van der Waals surface area (Å²) in [6.07, 6.45) is -1.20. The number of carboxylic acids is 1. The first-order valence-corrected chi connectivity index (χ1v) is 9.79. The van der Waals surface area contributed by atoms with Gasteiger partial charge in [-0.15, -0.1) is 0 Å². The Morgan fingerprint density at radius 3 is 2.35 bits per heavy atom.